The van der Waals surface area contributed by atoms with Crippen LogP contribution in [0.3, 0.4) is 0 Å². The Balaban J connectivity index is 1.79. The van der Waals surface area contributed by atoms with Gasteiger partial charge in [0.2, 0.25) is 21.8 Å². The SMILES string of the molecule is NC(=O)[C@H](Cc1ccncc1)NC(=O)[C@@H]1CCCCN1S(=O)(=O)c1ccccc1. The average molecular weight is 417 g/mol. The summed E-state index contributed by atoms with van der Waals surface area (Å²) in [5, 5.41) is 2.65. The summed E-state index contributed by atoms with van der Waals surface area (Å²) >= 11 is 0. The summed E-state index contributed by atoms with van der Waals surface area (Å²) in [7, 11) is -3.82. The highest BCUT2D eigenvalue weighted by Gasteiger charge is 2.38. The van der Waals surface area contributed by atoms with Crippen LogP contribution in [0.15, 0.2) is 59.8 Å². The van der Waals surface area contributed by atoms with Gasteiger partial charge in [0, 0.05) is 25.4 Å². The first-order chi connectivity index (χ1) is 13.9. The zero-order chi connectivity index (χ0) is 20.9. The van der Waals surface area contributed by atoms with E-state index in [9.17, 15) is 18.0 Å². The number of primary amides is 1. The number of hydrogen-bond acceptors (Lipinski definition) is 5. The highest BCUT2D eigenvalue weighted by atomic mass is 32.2. The number of carbonyl (C=O) groups is 2. The zero-order valence-electron chi connectivity index (χ0n) is 15.9. The third kappa shape index (κ3) is 4.99. The number of rotatable bonds is 7. The highest BCUT2D eigenvalue weighted by Crippen LogP contribution is 2.25. The van der Waals surface area contributed by atoms with E-state index in [1.807, 2.05) is 0 Å². The first-order valence-corrected chi connectivity index (χ1v) is 10.9. The van der Waals surface area contributed by atoms with Crippen molar-refractivity contribution in [3.05, 3.63) is 60.4 Å². The lowest BCUT2D eigenvalue weighted by atomic mass is 10.0. The van der Waals surface area contributed by atoms with Gasteiger partial charge in [-0.2, -0.15) is 4.31 Å². The van der Waals surface area contributed by atoms with Crippen molar-refractivity contribution in [3.8, 4) is 0 Å². The van der Waals surface area contributed by atoms with E-state index in [-0.39, 0.29) is 17.9 Å². The number of benzene rings is 1. The van der Waals surface area contributed by atoms with Gasteiger partial charge in [-0.05, 0) is 42.7 Å². The average Bonchev–Trinajstić information content (AvgIpc) is 2.74. The number of carbonyl (C=O) groups excluding carboxylic acids is 2. The maximum Gasteiger partial charge on any atom is 0.243 e. The number of amides is 2. The molecule has 0 unspecified atom stereocenters. The fraction of sp³-hybridized carbons (Fsp3) is 0.350. The molecule has 1 aliphatic heterocycles. The highest BCUT2D eigenvalue weighted by molar-refractivity contribution is 7.89. The van der Waals surface area contributed by atoms with Gasteiger partial charge >= 0.3 is 0 Å². The van der Waals surface area contributed by atoms with E-state index in [4.69, 9.17) is 5.73 Å². The summed E-state index contributed by atoms with van der Waals surface area (Å²) in [6.07, 6.45) is 5.17. The van der Waals surface area contributed by atoms with Crippen LogP contribution in [-0.2, 0) is 26.0 Å². The zero-order valence-corrected chi connectivity index (χ0v) is 16.7. The molecule has 1 aromatic heterocycles. The molecule has 2 atom stereocenters. The summed E-state index contributed by atoms with van der Waals surface area (Å²) in [6, 6.07) is 9.68. The summed E-state index contributed by atoms with van der Waals surface area (Å²) in [5.74, 6) is -1.19. The van der Waals surface area contributed by atoms with Crippen LogP contribution in [0.1, 0.15) is 24.8 Å². The van der Waals surface area contributed by atoms with E-state index < -0.39 is 33.9 Å². The molecule has 2 aromatic rings. The van der Waals surface area contributed by atoms with Gasteiger partial charge in [-0.15, -0.1) is 0 Å². The number of pyridine rings is 1. The van der Waals surface area contributed by atoms with Gasteiger partial charge in [-0.1, -0.05) is 24.6 Å². The standard InChI is InChI=1S/C20H24N4O4S/c21-19(25)17(14-15-9-11-22-12-10-15)23-20(26)18-8-4-5-13-24(18)29(27,28)16-6-2-1-3-7-16/h1-3,6-7,9-12,17-18H,4-5,8,13-14H2,(H2,21,25)(H,23,26)/t17-,18-/m0/s1. The van der Waals surface area contributed by atoms with Crippen LogP contribution in [0, 0.1) is 0 Å². The molecule has 1 saturated heterocycles. The maximum atomic E-state index is 13.1. The summed E-state index contributed by atoms with van der Waals surface area (Å²) in [6.45, 7) is 0.251. The van der Waals surface area contributed by atoms with Crippen molar-refractivity contribution in [1.29, 1.82) is 0 Å². The molecule has 0 aliphatic carbocycles. The van der Waals surface area contributed by atoms with Gasteiger partial charge in [-0.3, -0.25) is 14.6 Å². The quantitative estimate of drug-likeness (QED) is 0.692. The number of piperidine rings is 1. The maximum absolute atomic E-state index is 13.1. The topological polar surface area (TPSA) is 122 Å². The number of hydrogen-bond donors (Lipinski definition) is 2. The smallest absolute Gasteiger partial charge is 0.243 e. The van der Waals surface area contributed by atoms with E-state index in [1.54, 1.807) is 42.7 Å². The van der Waals surface area contributed by atoms with Crippen molar-refractivity contribution in [2.75, 3.05) is 6.54 Å². The van der Waals surface area contributed by atoms with Crippen LogP contribution in [-0.4, -0.2) is 48.1 Å². The van der Waals surface area contributed by atoms with E-state index >= 15 is 0 Å². The molecule has 8 nitrogen and oxygen atoms in total. The number of nitrogens with zero attached hydrogens (tertiary/aromatic N) is 2. The largest absolute Gasteiger partial charge is 0.368 e. The monoisotopic (exact) mass is 416 g/mol. The lowest BCUT2D eigenvalue weighted by Gasteiger charge is -2.34. The molecule has 1 aromatic carbocycles. The van der Waals surface area contributed by atoms with Crippen molar-refractivity contribution in [2.24, 2.45) is 5.73 Å². The first kappa shape index (κ1) is 20.9. The van der Waals surface area contributed by atoms with Gasteiger partial charge < -0.3 is 11.1 Å². The van der Waals surface area contributed by atoms with Gasteiger partial charge in [0.25, 0.3) is 0 Å². The molecule has 0 radical (unpaired) electrons. The molecule has 3 rings (SSSR count). The second kappa shape index (κ2) is 9.15. The van der Waals surface area contributed by atoms with Crippen LogP contribution in [0.4, 0.5) is 0 Å². The van der Waals surface area contributed by atoms with E-state index in [2.05, 4.69) is 10.3 Å². The summed E-state index contributed by atoms with van der Waals surface area (Å²) < 4.78 is 27.3. The van der Waals surface area contributed by atoms with Gasteiger partial charge in [-0.25, -0.2) is 8.42 Å². The Bertz CT molecular complexity index is 951. The molecule has 2 heterocycles. The van der Waals surface area contributed by atoms with Crippen molar-refractivity contribution in [2.45, 2.75) is 42.7 Å². The molecule has 154 valence electrons. The van der Waals surface area contributed by atoms with Gasteiger partial charge in [0.1, 0.15) is 12.1 Å². The van der Waals surface area contributed by atoms with Gasteiger partial charge in [0.15, 0.2) is 0 Å². The van der Waals surface area contributed by atoms with Crippen LogP contribution in [0.2, 0.25) is 0 Å². The van der Waals surface area contributed by atoms with Crippen molar-refractivity contribution in [3.63, 3.8) is 0 Å². The second-order valence-corrected chi connectivity index (χ2v) is 8.85. The minimum absolute atomic E-state index is 0.142. The van der Waals surface area contributed by atoms with E-state index in [0.717, 1.165) is 12.0 Å². The molecule has 0 bridgehead atoms. The Morgan fingerprint density at radius 1 is 1.14 bits per heavy atom. The summed E-state index contributed by atoms with van der Waals surface area (Å²) in [5.41, 5.74) is 6.27. The fourth-order valence-corrected chi connectivity index (χ4v) is 5.11. The minimum Gasteiger partial charge on any atom is -0.368 e. The molecule has 1 fully saturated rings. The molecule has 0 spiro atoms. The Morgan fingerprint density at radius 2 is 1.83 bits per heavy atom. The molecule has 0 saturated carbocycles. The van der Waals surface area contributed by atoms with Crippen LogP contribution < -0.4 is 11.1 Å². The normalized spacial score (nSPS) is 18.7. The third-order valence-corrected chi connectivity index (χ3v) is 6.88. The van der Waals surface area contributed by atoms with Crippen LogP contribution in [0.25, 0.3) is 0 Å². The molecular weight excluding hydrogens is 392 g/mol. The molecule has 29 heavy (non-hydrogen) atoms. The van der Waals surface area contributed by atoms with Gasteiger partial charge in [0.05, 0.1) is 4.90 Å². The van der Waals surface area contributed by atoms with E-state index in [0.29, 0.717) is 12.8 Å². The van der Waals surface area contributed by atoms with Crippen molar-refractivity contribution < 1.29 is 18.0 Å². The number of sulfonamides is 1. The van der Waals surface area contributed by atoms with Crippen molar-refractivity contribution >= 4 is 21.8 Å². The number of nitrogens with one attached hydrogen (secondary N) is 1. The number of aromatic nitrogens is 1. The Labute approximate surface area is 170 Å². The number of nitrogens with two attached hydrogens (primary N) is 1. The van der Waals surface area contributed by atoms with E-state index in [1.165, 1.54) is 16.4 Å². The third-order valence-electron chi connectivity index (χ3n) is 4.96. The Kier molecular flexibility index (Phi) is 6.60. The molecule has 2 amide bonds. The van der Waals surface area contributed by atoms with Crippen LogP contribution in [0.5, 0.6) is 0 Å². The lowest BCUT2D eigenvalue weighted by molar-refractivity contribution is -0.130. The first-order valence-electron chi connectivity index (χ1n) is 9.45. The predicted octanol–water partition coefficient (Wildman–Crippen LogP) is 0.838. The Morgan fingerprint density at radius 3 is 2.48 bits per heavy atom. The van der Waals surface area contributed by atoms with Crippen LogP contribution >= 0.6 is 0 Å². The summed E-state index contributed by atoms with van der Waals surface area (Å²) in [4.78, 5) is 28.9. The molecule has 1 aliphatic rings. The minimum atomic E-state index is -3.82. The molecule has 9 heteroatoms. The second-order valence-electron chi connectivity index (χ2n) is 6.96. The Hall–Kier alpha value is -2.78. The lowest BCUT2D eigenvalue weighted by Crippen LogP contribution is -2.56. The molecule has 3 N–H and O–H groups in total. The van der Waals surface area contributed by atoms with Crippen molar-refractivity contribution in [1.82, 2.24) is 14.6 Å². The fourth-order valence-electron chi connectivity index (χ4n) is 3.43. The molecular formula is C20H24N4O4S. The predicted molar refractivity (Wildman–Crippen MR) is 107 cm³/mol.